The first-order valence-electron chi connectivity index (χ1n) is 5.91. The Morgan fingerprint density at radius 2 is 1.89 bits per heavy atom. The molecule has 4 heteroatoms. The normalized spacial score (nSPS) is 10.7. The highest BCUT2D eigenvalue weighted by Gasteiger charge is 2.08. The van der Waals surface area contributed by atoms with Crippen LogP contribution in [-0.4, -0.2) is 17.7 Å². The number of halogens is 1. The van der Waals surface area contributed by atoms with Gasteiger partial charge in [0.15, 0.2) is 0 Å². The summed E-state index contributed by atoms with van der Waals surface area (Å²) in [7, 11) is 0. The second-order valence-corrected chi connectivity index (χ2v) is 4.59. The molecule has 0 unspecified atom stereocenters. The molecule has 1 aromatic carbocycles. The highest BCUT2D eigenvalue weighted by atomic mass is 35.5. The van der Waals surface area contributed by atoms with Gasteiger partial charge in [-0.25, -0.2) is 0 Å². The maximum Gasteiger partial charge on any atom is 0.119 e. The molecule has 0 fully saturated rings. The van der Waals surface area contributed by atoms with Crippen molar-refractivity contribution in [3.8, 4) is 11.4 Å². The molecular weight excluding hydrogens is 248 g/mol. The molecule has 1 aromatic heterocycles. The SMILES string of the molecule is Cc1cc(Cl)c(C)n1-c1ccc(OCCN)cc1. The molecule has 3 nitrogen and oxygen atoms in total. The summed E-state index contributed by atoms with van der Waals surface area (Å²) >= 11 is 6.12. The van der Waals surface area contributed by atoms with Crippen LogP contribution in [-0.2, 0) is 0 Å². The predicted molar refractivity (Wildman–Crippen MR) is 74.8 cm³/mol. The van der Waals surface area contributed by atoms with E-state index >= 15 is 0 Å². The molecular formula is C14H17ClN2O. The van der Waals surface area contributed by atoms with E-state index in [2.05, 4.69) is 4.57 Å². The number of aromatic nitrogens is 1. The molecule has 0 aliphatic carbocycles. The minimum atomic E-state index is 0.521. The van der Waals surface area contributed by atoms with Crippen LogP contribution >= 0.6 is 11.6 Å². The topological polar surface area (TPSA) is 40.2 Å². The average Bonchev–Trinajstić information content (AvgIpc) is 2.62. The van der Waals surface area contributed by atoms with Gasteiger partial charge in [-0.2, -0.15) is 0 Å². The number of benzene rings is 1. The fourth-order valence-corrected chi connectivity index (χ4v) is 2.23. The van der Waals surface area contributed by atoms with Crippen LogP contribution in [0.2, 0.25) is 5.02 Å². The maximum atomic E-state index is 6.12. The fraction of sp³-hybridized carbons (Fsp3) is 0.286. The molecule has 1 heterocycles. The van der Waals surface area contributed by atoms with Crippen molar-refractivity contribution in [2.45, 2.75) is 13.8 Å². The van der Waals surface area contributed by atoms with E-state index in [0.29, 0.717) is 13.2 Å². The van der Waals surface area contributed by atoms with Crippen LogP contribution in [0.25, 0.3) is 5.69 Å². The first kappa shape index (κ1) is 13.0. The zero-order valence-electron chi connectivity index (χ0n) is 10.6. The lowest BCUT2D eigenvalue weighted by molar-refractivity contribution is 0.328. The number of nitrogens with two attached hydrogens (primary N) is 1. The standard InChI is InChI=1S/C14H17ClN2O/c1-10-9-14(15)11(2)17(10)12-3-5-13(6-4-12)18-8-7-16/h3-6,9H,7-8,16H2,1-2H3. The van der Waals surface area contributed by atoms with E-state index in [1.54, 1.807) is 0 Å². The summed E-state index contributed by atoms with van der Waals surface area (Å²) in [5, 5.41) is 0.788. The van der Waals surface area contributed by atoms with E-state index in [1.165, 1.54) is 0 Å². The Bertz CT molecular complexity index is 531. The number of hydrogen-bond donors (Lipinski definition) is 1. The number of aryl methyl sites for hydroxylation is 1. The number of rotatable bonds is 4. The van der Waals surface area contributed by atoms with E-state index < -0.39 is 0 Å². The van der Waals surface area contributed by atoms with Crippen LogP contribution in [0.3, 0.4) is 0 Å². The van der Waals surface area contributed by atoms with Gasteiger partial charge in [0, 0.05) is 23.6 Å². The van der Waals surface area contributed by atoms with Gasteiger partial charge in [0.1, 0.15) is 12.4 Å². The second kappa shape index (κ2) is 5.46. The van der Waals surface area contributed by atoms with Gasteiger partial charge in [-0.05, 0) is 44.2 Å². The van der Waals surface area contributed by atoms with Gasteiger partial charge >= 0.3 is 0 Å². The monoisotopic (exact) mass is 264 g/mol. The Morgan fingerprint density at radius 3 is 2.39 bits per heavy atom. The Hall–Kier alpha value is -1.45. The highest BCUT2D eigenvalue weighted by molar-refractivity contribution is 6.31. The van der Waals surface area contributed by atoms with Crippen LogP contribution in [0.1, 0.15) is 11.4 Å². The van der Waals surface area contributed by atoms with Gasteiger partial charge in [-0.3, -0.25) is 0 Å². The quantitative estimate of drug-likeness (QED) is 0.922. The third kappa shape index (κ3) is 2.52. The Balaban J connectivity index is 2.29. The molecule has 0 saturated carbocycles. The van der Waals surface area contributed by atoms with Crippen LogP contribution in [0, 0.1) is 13.8 Å². The molecule has 2 N–H and O–H groups in total. The molecule has 0 radical (unpaired) electrons. The van der Waals surface area contributed by atoms with Gasteiger partial charge in [0.25, 0.3) is 0 Å². The number of ether oxygens (including phenoxy) is 1. The minimum absolute atomic E-state index is 0.521. The van der Waals surface area contributed by atoms with E-state index in [-0.39, 0.29) is 0 Å². The van der Waals surface area contributed by atoms with Gasteiger partial charge < -0.3 is 15.0 Å². The van der Waals surface area contributed by atoms with Crippen molar-refractivity contribution in [2.24, 2.45) is 5.73 Å². The summed E-state index contributed by atoms with van der Waals surface area (Å²) in [5.41, 5.74) is 8.64. The summed E-state index contributed by atoms with van der Waals surface area (Å²) in [6, 6.07) is 9.88. The summed E-state index contributed by atoms with van der Waals surface area (Å²) < 4.78 is 7.57. The second-order valence-electron chi connectivity index (χ2n) is 4.19. The zero-order chi connectivity index (χ0) is 13.1. The largest absolute Gasteiger partial charge is 0.492 e. The zero-order valence-corrected chi connectivity index (χ0v) is 11.4. The van der Waals surface area contributed by atoms with Crippen molar-refractivity contribution in [3.05, 3.63) is 46.7 Å². The molecule has 0 aliphatic heterocycles. The van der Waals surface area contributed by atoms with Crippen molar-refractivity contribution in [1.82, 2.24) is 4.57 Å². The summed E-state index contributed by atoms with van der Waals surface area (Å²) in [4.78, 5) is 0. The molecule has 0 bridgehead atoms. The molecule has 2 aromatic rings. The van der Waals surface area contributed by atoms with Crippen LogP contribution in [0.5, 0.6) is 5.75 Å². The van der Waals surface area contributed by atoms with Gasteiger partial charge in [-0.15, -0.1) is 0 Å². The summed E-state index contributed by atoms with van der Waals surface area (Å²) in [5.74, 6) is 0.831. The molecule has 0 amide bonds. The van der Waals surface area contributed by atoms with E-state index in [1.807, 2.05) is 44.2 Å². The maximum absolute atomic E-state index is 6.12. The first-order chi connectivity index (χ1) is 8.63. The molecule has 0 saturated heterocycles. The number of nitrogens with zero attached hydrogens (tertiary/aromatic N) is 1. The van der Waals surface area contributed by atoms with Crippen molar-refractivity contribution in [1.29, 1.82) is 0 Å². The molecule has 18 heavy (non-hydrogen) atoms. The number of hydrogen-bond acceptors (Lipinski definition) is 2. The third-order valence-corrected chi connectivity index (χ3v) is 3.23. The average molecular weight is 265 g/mol. The van der Waals surface area contributed by atoms with Crippen molar-refractivity contribution < 1.29 is 4.74 Å². The lowest BCUT2D eigenvalue weighted by Crippen LogP contribution is -2.10. The molecule has 0 aliphatic rings. The van der Waals surface area contributed by atoms with Gasteiger partial charge in [0.2, 0.25) is 0 Å². The third-order valence-electron chi connectivity index (χ3n) is 2.85. The Kier molecular flexibility index (Phi) is 3.94. The highest BCUT2D eigenvalue weighted by Crippen LogP contribution is 2.25. The van der Waals surface area contributed by atoms with Crippen molar-refractivity contribution >= 4 is 11.6 Å². The summed E-state index contributed by atoms with van der Waals surface area (Å²) in [6.07, 6.45) is 0. The molecule has 0 spiro atoms. The Labute approximate surface area is 112 Å². The van der Waals surface area contributed by atoms with E-state index in [0.717, 1.165) is 27.8 Å². The smallest absolute Gasteiger partial charge is 0.119 e. The lowest BCUT2D eigenvalue weighted by Gasteiger charge is -2.10. The van der Waals surface area contributed by atoms with Crippen molar-refractivity contribution in [2.75, 3.05) is 13.2 Å². The van der Waals surface area contributed by atoms with Crippen LogP contribution < -0.4 is 10.5 Å². The van der Waals surface area contributed by atoms with Gasteiger partial charge in [0.05, 0.1) is 5.02 Å². The Morgan fingerprint density at radius 1 is 1.22 bits per heavy atom. The van der Waals surface area contributed by atoms with Crippen LogP contribution in [0.4, 0.5) is 0 Å². The van der Waals surface area contributed by atoms with E-state index in [4.69, 9.17) is 22.1 Å². The molecule has 2 rings (SSSR count). The molecule has 96 valence electrons. The van der Waals surface area contributed by atoms with Crippen molar-refractivity contribution in [3.63, 3.8) is 0 Å². The predicted octanol–water partition coefficient (Wildman–Crippen LogP) is 3.09. The molecule has 0 atom stereocenters. The summed E-state index contributed by atoms with van der Waals surface area (Å²) in [6.45, 7) is 5.10. The lowest BCUT2D eigenvalue weighted by atomic mass is 10.3. The first-order valence-corrected chi connectivity index (χ1v) is 6.29. The van der Waals surface area contributed by atoms with E-state index in [9.17, 15) is 0 Å². The van der Waals surface area contributed by atoms with Crippen LogP contribution in [0.15, 0.2) is 30.3 Å². The minimum Gasteiger partial charge on any atom is -0.492 e. The fourth-order valence-electron chi connectivity index (χ4n) is 1.99. The van der Waals surface area contributed by atoms with Gasteiger partial charge in [-0.1, -0.05) is 11.6 Å².